The molecule has 0 aliphatic carbocycles. The molecule has 0 aromatic heterocycles. The molecule has 0 fully saturated rings. The fraction of sp³-hybridized carbons (Fsp3) is 0.538. The first-order valence-corrected chi connectivity index (χ1v) is 5.54. The molecule has 17 heavy (non-hydrogen) atoms. The summed E-state index contributed by atoms with van der Waals surface area (Å²) >= 11 is 0. The molecule has 0 bridgehead atoms. The minimum atomic E-state index is -0.491. The molecule has 0 rings (SSSR count). The second-order valence-corrected chi connectivity index (χ2v) is 4.89. The van der Waals surface area contributed by atoms with Crippen molar-refractivity contribution < 1.29 is 9.53 Å². The summed E-state index contributed by atoms with van der Waals surface area (Å²) in [5.74, 6) is 0. The quantitative estimate of drug-likeness (QED) is 0.765. The molecule has 1 N–H and O–H groups in total. The Bertz CT molecular complexity index is 332. The lowest BCUT2D eigenvalue weighted by Gasteiger charge is -2.19. The van der Waals surface area contributed by atoms with Gasteiger partial charge in [0.1, 0.15) is 5.60 Å². The van der Waals surface area contributed by atoms with Crippen LogP contribution in [0.1, 0.15) is 34.6 Å². The molecule has 0 saturated carbocycles. The minimum Gasteiger partial charge on any atom is -0.444 e. The van der Waals surface area contributed by atoms with Crippen LogP contribution >= 0.6 is 0 Å². The SMILES string of the molecule is C=C/C(CNC(=O)OC(C)(C)C)=N\C=C(C)C. The topological polar surface area (TPSA) is 50.7 Å². The van der Waals surface area contributed by atoms with Crippen molar-refractivity contribution in [1.82, 2.24) is 5.32 Å². The van der Waals surface area contributed by atoms with Gasteiger partial charge in [-0.1, -0.05) is 12.2 Å². The van der Waals surface area contributed by atoms with Gasteiger partial charge in [-0.05, 0) is 40.7 Å². The summed E-state index contributed by atoms with van der Waals surface area (Å²) in [6.07, 6.45) is 2.88. The summed E-state index contributed by atoms with van der Waals surface area (Å²) < 4.78 is 5.10. The number of allylic oxidation sites excluding steroid dienone is 1. The molecule has 0 spiro atoms. The van der Waals surface area contributed by atoms with E-state index in [0.29, 0.717) is 12.3 Å². The third-order valence-electron chi connectivity index (χ3n) is 1.54. The first-order chi connectivity index (χ1) is 7.74. The van der Waals surface area contributed by atoms with E-state index in [1.54, 1.807) is 12.3 Å². The summed E-state index contributed by atoms with van der Waals surface area (Å²) in [6, 6.07) is 0. The van der Waals surface area contributed by atoms with Crippen molar-refractivity contribution in [3.63, 3.8) is 0 Å². The van der Waals surface area contributed by atoms with E-state index in [1.807, 2.05) is 34.6 Å². The molecule has 0 unspecified atom stereocenters. The standard InChI is InChI=1S/C13H22N2O2/c1-7-11(14-8-10(2)3)9-15-12(16)17-13(4,5)6/h7-8H,1,9H2,2-6H3,(H,15,16)/b14-11+. The fourth-order valence-electron chi connectivity index (χ4n) is 0.859. The van der Waals surface area contributed by atoms with E-state index in [9.17, 15) is 4.79 Å². The normalized spacial score (nSPS) is 11.7. The predicted molar refractivity (Wildman–Crippen MR) is 71.3 cm³/mol. The van der Waals surface area contributed by atoms with E-state index in [4.69, 9.17) is 4.74 Å². The Labute approximate surface area is 103 Å². The van der Waals surface area contributed by atoms with Gasteiger partial charge < -0.3 is 10.1 Å². The third-order valence-corrected chi connectivity index (χ3v) is 1.54. The Morgan fingerprint density at radius 1 is 1.41 bits per heavy atom. The number of nitrogens with zero attached hydrogens (tertiary/aromatic N) is 1. The molecule has 0 aromatic rings. The molecule has 0 radical (unpaired) electrons. The Kier molecular flexibility index (Phi) is 6.25. The molecule has 0 aliphatic rings. The van der Waals surface area contributed by atoms with Crippen molar-refractivity contribution in [2.75, 3.05) is 6.54 Å². The van der Waals surface area contributed by atoms with Crippen LogP contribution < -0.4 is 5.32 Å². The van der Waals surface area contributed by atoms with Gasteiger partial charge in [0.15, 0.2) is 0 Å². The molecule has 1 amide bonds. The van der Waals surface area contributed by atoms with Gasteiger partial charge in [0.2, 0.25) is 0 Å². The van der Waals surface area contributed by atoms with E-state index in [-0.39, 0.29) is 0 Å². The number of aliphatic imine (C=N–C) groups is 1. The summed E-state index contributed by atoms with van der Waals surface area (Å²) in [7, 11) is 0. The molecule has 4 heteroatoms. The molecule has 0 heterocycles. The van der Waals surface area contributed by atoms with Gasteiger partial charge in [0.05, 0.1) is 12.3 Å². The van der Waals surface area contributed by atoms with Crippen LogP contribution in [0.5, 0.6) is 0 Å². The molecule has 0 aliphatic heterocycles. The number of hydrogen-bond acceptors (Lipinski definition) is 3. The van der Waals surface area contributed by atoms with Crippen molar-refractivity contribution >= 4 is 11.8 Å². The maximum absolute atomic E-state index is 11.4. The average molecular weight is 238 g/mol. The highest BCUT2D eigenvalue weighted by Gasteiger charge is 2.15. The Balaban J connectivity index is 4.26. The highest BCUT2D eigenvalue weighted by atomic mass is 16.6. The number of rotatable bonds is 4. The molecule has 96 valence electrons. The van der Waals surface area contributed by atoms with Crippen molar-refractivity contribution in [3.05, 3.63) is 24.4 Å². The van der Waals surface area contributed by atoms with Crippen LogP contribution in [-0.4, -0.2) is 24.0 Å². The lowest BCUT2D eigenvalue weighted by molar-refractivity contribution is 0.0536. The zero-order valence-corrected chi connectivity index (χ0v) is 11.3. The highest BCUT2D eigenvalue weighted by molar-refractivity contribution is 5.98. The molecule has 0 saturated heterocycles. The largest absolute Gasteiger partial charge is 0.444 e. The summed E-state index contributed by atoms with van der Waals surface area (Å²) in [5, 5.41) is 2.62. The van der Waals surface area contributed by atoms with Gasteiger partial charge in [-0.25, -0.2) is 4.79 Å². The van der Waals surface area contributed by atoms with Gasteiger partial charge in [-0.15, -0.1) is 0 Å². The lowest BCUT2D eigenvalue weighted by atomic mass is 10.2. The molecular formula is C13H22N2O2. The van der Waals surface area contributed by atoms with E-state index < -0.39 is 11.7 Å². The Hall–Kier alpha value is -1.58. The van der Waals surface area contributed by atoms with Crippen LogP contribution in [0.15, 0.2) is 29.4 Å². The van der Waals surface area contributed by atoms with Gasteiger partial charge in [-0.3, -0.25) is 4.99 Å². The van der Waals surface area contributed by atoms with Crippen molar-refractivity contribution in [1.29, 1.82) is 0 Å². The summed E-state index contributed by atoms with van der Waals surface area (Å²) in [4.78, 5) is 15.6. The zero-order chi connectivity index (χ0) is 13.5. The van der Waals surface area contributed by atoms with Gasteiger partial charge >= 0.3 is 6.09 Å². The summed E-state index contributed by atoms with van der Waals surface area (Å²) in [5.41, 5.74) is 1.29. The first kappa shape index (κ1) is 15.4. The van der Waals surface area contributed by atoms with E-state index >= 15 is 0 Å². The first-order valence-electron chi connectivity index (χ1n) is 5.54. The number of ether oxygens (including phenoxy) is 1. The van der Waals surface area contributed by atoms with Crippen molar-refractivity contribution in [2.45, 2.75) is 40.2 Å². The van der Waals surface area contributed by atoms with Gasteiger partial charge in [0, 0.05) is 6.20 Å². The second kappa shape index (κ2) is 6.89. The number of nitrogens with one attached hydrogen (secondary N) is 1. The van der Waals surface area contributed by atoms with Crippen LogP contribution in [0.25, 0.3) is 0 Å². The molecule has 4 nitrogen and oxygen atoms in total. The summed E-state index contributed by atoms with van der Waals surface area (Å²) in [6.45, 7) is 13.3. The van der Waals surface area contributed by atoms with Crippen molar-refractivity contribution in [2.24, 2.45) is 4.99 Å². The van der Waals surface area contributed by atoms with Gasteiger partial charge in [-0.2, -0.15) is 0 Å². The van der Waals surface area contributed by atoms with E-state index in [1.165, 1.54) is 0 Å². The van der Waals surface area contributed by atoms with Crippen LogP contribution in [0, 0.1) is 0 Å². The van der Waals surface area contributed by atoms with Crippen LogP contribution in [0.2, 0.25) is 0 Å². The highest BCUT2D eigenvalue weighted by Crippen LogP contribution is 2.06. The van der Waals surface area contributed by atoms with Crippen LogP contribution in [-0.2, 0) is 4.74 Å². The fourth-order valence-corrected chi connectivity index (χ4v) is 0.859. The number of alkyl carbamates (subject to hydrolysis) is 1. The smallest absolute Gasteiger partial charge is 0.407 e. The number of amides is 1. The third kappa shape index (κ3) is 9.35. The van der Waals surface area contributed by atoms with Crippen LogP contribution in [0.3, 0.4) is 0 Å². The molecule has 0 atom stereocenters. The van der Waals surface area contributed by atoms with E-state index in [0.717, 1.165) is 5.57 Å². The van der Waals surface area contributed by atoms with Crippen molar-refractivity contribution in [3.8, 4) is 0 Å². The maximum atomic E-state index is 11.4. The monoisotopic (exact) mass is 238 g/mol. The number of carbonyl (C=O) groups excluding carboxylic acids is 1. The number of carbonyl (C=O) groups is 1. The van der Waals surface area contributed by atoms with Gasteiger partial charge in [0.25, 0.3) is 0 Å². The Morgan fingerprint density at radius 3 is 2.41 bits per heavy atom. The average Bonchev–Trinajstić information content (AvgIpc) is 2.14. The Morgan fingerprint density at radius 2 is 2.00 bits per heavy atom. The molecule has 0 aromatic carbocycles. The minimum absolute atomic E-state index is 0.308. The predicted octanol–water partition coefficient (Wildman–Crippen LogP) is 3.06. The molecular weight excluding hydrogens is 216 g/mol. The van der Waals surface area contributed by atoms with Crippen LogP contribution in [0.4, 0.5) is 4.79 Å². The zero-order valence-electron chi connectivity index (χ0n) is 11.3. The van der Waals surface area contributed by atoms with E-state index in [2.05, 4.69) is 16.9 Å². The number of hydrogen-bond donors (Lipinski definition) is 1. The lowest BCUT2D eigenvalue weighted by Crippen LogP contribution is -2.35. The second-order valence-electron chi connectivity index (χ2n) is 4.89. The maximum Gasteiger partial charge on any atom is 0.407 e.